The van der Waals surface area contributed by atoms with Gasteiger partial charge in [0.1, 0.15) is 5.83 Å². The third-order valence-corrected chi connectivity index (χ3v) is 1.72. The lowest BCUT2D eigenvalue weighted by atomic mass is 9.95. The topological polar surface area (TPSA) is 0 Å². The largest absolute Gasteiger partial charge is 0.419 e. The van der Waals surface area contributed by atoms with E-state index in [1.54, 1.807) is 0 Å². The summed E-state index contributed by atoms with van der Waals surface area (Å²) in [4.78, 5) is 0. The molecule has 0 heterocycles. The highest BCUT2D eigenvalue weighted by atomic mass is 19.4. The summed E-state index contributed by atoms with van der Waals surface area (Å²) < 4.78 is 50.0. The van der Waals surface area contributed by atoms with Crippen LogP contribution in [0.25, 0.3) is 0 Å². The molecular weight excluding hydrogens is 196 g/mol. The van der Waals surface area contributed by atoms with Crippen molar-refractivity contribution in [1.29, 1.82) is 0 Å². The fraction of sp³-hybridized carbons (Fsp3) is 0.400. The van der Waals surface area contributed by atoms with Crippen LogP contribution in [0.5, 0.6) is 0 Å². The summed E-state index contributed by atoms with van der Waals surface area (Å²) in [6, 6.07) is 0. The predicted octanol–water partition coefficient (Wildman–Crippen LogP) is 4.17. The third kappa shape index (κ3) is 3.01. The van der Waals surface area contributed by atoms with Crippen LogP contribution in [0.3, 0.4) is 0 Å². The summed E-state index contributed by atoms with van der Waals surface area (Å²) in [6.45, 7) is 9.22. The Hall–Kier alpha value is -1.06. The molecular formula is C10H12F4. The average Bonchev–Trinajstić information content (AvgIpc) is 2.01. The van der Waals surface area contributed by atoms with Crippen LogP contribution >= 0.6 is 0 Å². The monoisotopic (exact) mass is 208 g/mol. The van der Waals surface area contributed by atoms with E-state index in [1.165, 1.54) is 13.8 Å². The van der Waals surface area contributed by atoms with Crippen molar-refractivity contribution in [2.45, 2.75) is 20.0 Å². The normalized spacial score (nSPS) is 13.9. The van der Waals surface area contributed by atoms with Gasteiger partial charge in [0.05, 0.1) is 5.57 Å². The van der Waals surface area contributed by atoms with Crippen LogP contribution in [-0.4, -0.2) is 6.18 Å². The molecule has 0 unspecified atom stereocenters. The Balaban J connectivity index is 5.36. The second-order valence-corrected chi connectivity index (χ2v) is 3.10. The lowest BCUT2D eigenvalue weighted by Crippen LogP contribution is -2.17. The molecule has 0 radical (unpaired) electrons. The van der Waals surface area contributed by atoms with Crippen LogP contribution in [0.15, 0.2) is 36.2 Å². The van der Waals surface area contributed by atoms with Gasteiger partial charge < -0.3 is 0 Å². The molecule has 0 aliphatic rings. The van der Waals surface area contributed by atoms with Gasteiger partial charge in [-0.2, -0.15) is 13.2 Å². The van der Waals surface area contributed by atoms with Crippen LogP contribution in [0.4, 0.5) is 17.6 Å². The highest BCUT2D eigenvalue weighted by Crippen LogP contribution is 2.36. The molecule has 0 aromatic rings. The summed E-state index contributed by atoms with van der Waals surface area (Å²) in [5.41, 5.74) is -1.59. The van der Waals surface area contributed by atoms with Crippen molar-refractivity contribution >= 4 is 0 Å². The van der Waals surface area contributed by atoms with Crippen molar-refractivity contribution in [2.24, 2.45) is 5.92 Å². The summed E-state index contributed by atoms with van der Waals surface area (Å²) in [5, 5.41) is 0. The summed E-state index contributed by atoms with van der Waals surface area (Å²) in [7, 11) is 0. The van der Waals surface area contributed by atoms with E-state index in [-0.39, 0.29) is 5.57 Å². The lowest BCUT2D eigenvalue weighted by molar-refractivity contribution is -0.0915. The van der Waals surface area contributed by atoms with Crippen LogP contribution in [0, 0.1) is 5.92 Å². The van der Waals surface area contributed by atoms with Crippen molar-refractivity contribution in [3.8, 4) is 0 Å². The SMILES string of the molecule is C=C/C(F)=C(\C(=C)C(C)C)C(F)(F)F. The molecule has 0 aliphatic heterocycles. The number of hydrogen-bond acceptors (Lipinski definition) is 0. The third-order valence-electron chi connectivity index (χ3n) is 1.72. The molecule has 14 heavy (non-hydrogen) atoms. The first-order chi connectivity index (χ1) is 6.21. The van der Waals surface area contributed by atoms with Crippen molar-refractivity contribution in [3.63, 3.8) is 0 Å². The zero-order chi connectivity index (χ0) is 11.5. The Morgan fingerprint density at radius 1 is 1.29 bits per heavy atom. The first-order valence-electron chi connectivity index (χ1n) is 4.00. The summed E-state index contributed by atoms with van der Waals surface area (Å²) in [6.07, 6.45) is -4.18. The predicted molar refractivity (Wildman–Crippen MR) is 48.4 cm³/mol. The number of halogens is 4. The van der Waals surface area contributed by atoms with Gasteiger partial charge in [0.2, 0.25) is 0 Å². The highest BCUT2D eigenvalue weighted by Gasteiger charge is 2.38. The maximum atomic E-state index is 12.9. The minimum Gasteiger partial charge on any atom is -0.206 e. The van der Waals surface area contributed by atoms with E-state index in [4.69, 9.17) is 0 Å². The van der Waals surface area contributed by atoms with Gasteiger partial charge in [0, 0.05) is 0 Å². The fourth-order valence-electron chi connectivity index (χ4n) is 0.862. The van der Waals surface area contributed by atoms with Crippen molar-refractivity contribution in [2.75, 3.05) is 0 Å². The smallest absolute Gasteiger partial charge is 0.206 e. The van der Waals surface area contributed by atoms with E-state index >= 15 is 0 Å². The Labute approximate surface area is 80.6 Å². The molecule has 0 spiro atoms. The first kappa shape index (κ1) is 12.9. The molecule has 0 saturated heterocycles. The second-order valence-electron chi connectivity index (χ2n) is 3.10. The van der Waals surface area contributed by atoms with Crippen molar-refractivity contribution in [1.82, 2.24) is 0 Å². The molecule has 80 valence electrons. The molecule has 0 nitrogen and oxygen atoms in total. The molecule has 0 saturated carbocycles. The standard InChI is InChI=1S/C10H12F4/c1-5-8(11)9(10(12,13)14)7(4)6(2)3/h5-6H,1,4H2,2-3H3/b9-8-. The van der Waals surface area contributed by atoms with Gasteiger partial charge in [-0.1, -0.05) is 27.0 Å². The summed E-state index contributed by atoms with van der Waals surface area (Å²) >= 11 is 0. The molecule has 4 heteroatoms. The van der Waals surface area contributed by atoms with Crippen LogP contribution in [0.2, 0.25) is 0 Å². The molecule has 0 aromatic heterocycles. The van der Waals surface area contributed by atoms with E-state index in [2.05, 4.69) is 13.2 Å². The maximum absolute atomic E-state index is 12.9. The molecule has 0 amide bonds. The van der Waals surface area contributed by atoms with E-state index in [0.29, 0.717) is 6.08 Å². The van der Waals surface area contributed by atoms with Gasteiger partial charge in [-0.05, 0) is 17.6 Å². The molecule has 0 fully saturated rings. The number of rotatable bonds is 3. The molecule has 0 aromatic carbocycles. The van der Waals surface area contributed by atoms with Gasteiger partial charge >= 0.3 is 6.18 Å². The Morgan fingerprint density at radius 2 is 1.71 bits per heavy atom. The number of allylic oxidation sites excluding steroid dienone is 4. The van der Waals surface area contributed by atoms with Gasteiger partial charge in [0.15, 0.2) is 0 Å². The zero-order valence-electron chi connectivity index (χ0n) is 8.08. The Bertz CT molecular complexity index is 268. The minimum atomic E-state index is -4.72. The lowest BCUT2D eigenvalue weighted by Gasteiger charge is -2.17. The Kier molecular flexibility index (Phi) is 4.10. The highest BCUT2D eigenvalue weighted by molar-refractivity contribution is 5.39. The number of hydrogen-bond donors (Lipinski definition) is 0. The van der Waals surface area contributed by atoms with Crippen molar-refractivity contribution < 1.29 is 17.6 Å². The fourth-order valence-corrected chi connectivity index (χ4v) is 0.862. The number of alkyl halides is 3. The van der Waals surface area contributed by atoms with E-state index in [0.717, 1.165) is 0 Å². The van der Waals surface area contributed by atoms with Gasteiger partial charge in [-0.3, -0.25) is 0 Å². The van der Waals surface area contributed by atoms with Gasteiger partial charge in [0.25, 0.3) is 0 Å². The quantitative estimate of drug-likeness (QED) is 0.482. The second kappa shape index (κ2) is 4.44. The Morgan fingerprint density at radius 3 is 1.93 bits per heavy atom. The maximum Gasteiger partial charge on any atom is 0.419 e. The average molecular weight is 208 g/mol. The van der Waals surface area contributed by atoms with Gasteiger partial charge in [-0.25, -0.2) is 4.39 Å². The minimum absolute atomic E-state index is 0.269. The van der Waals surface area contributed by atoms with E-state index in [1.807, 2.05) is 0 Å². The molecule has 0 atom stereocenters. The zero-order valence-corrected chi connectivity index (χ0v) is 8.08. The van der Waals surface area contributed by atoms with Crippen LogP contribution in [0.1, 0.15) is 13.8 Å². The molecule has 0 bridgehead atoms. The van der Waals surface area contributed by atoms with Crippen molar-refractivity contribution in [3.05, 3.63) is 36.2 Å². The van der Waals surface area contributed by atoms with E-state index < -0.39 is 23.5 Å². The molecule has 0 N–H and O–H groups in total. The molecule has 0 rings (SSSR count). The van der Waals surface area contributed by atoms with E-state index in [9.17, 15) is 17.6 Å². The first-order valence-corrected chi connectivity index (χ1v) is 4.00. The molecule has 0 aliphatic carbocycles. The van der Waals surface area contributed by atoms with Gasteiger partial charge in [-0.15, -0.1) is 0 Å². The van der Waals surface area contributed by atoms with Crippen LogP contribution < -0.4 is 0 Å². The van der Waals surface area contributed by atoms with Crippen LogP contribution in [-0.2, 0) is 0 Å². The summed E-state index contributed by atoms with van der Waals surface area (Å²) in [5.74, 6) is -1.84.